The van der Waals surface area contributed by atoms with Crippen molar-refractivity contribution in [2.24, 2.45) is 7.05 Å². The Morgan fingerprint density at radius 1 is 1.21 bits per heavy atom. The van der Waals surface area contributed by atoms with Crippen LogP contribution in [0.3, 0.4) is 0 Å². The molecule has 9 nitrogen and oxygen atoms in total. The molecule has 0 spiro atoms. The van der Waals surface area contributed by atoms with E-state index in [0.717, 1.165) is 22.5 Å². The van der Waals surface area contributed by atoms with E-state index in [1.807, 2.05) is 32.4 Å². The number of methoxy groups -OCH3 is 3. The largest absolute Gasteiger partial charge is 0.493 e. The monoisotopic (exact) mass is 402 g/mol. The molecule has 0 radical (unpaired) electrons. The van der Waals surface area contributed by atoms with E-state index in [2.05, 4.69) is 20.7 Å². The summed E-state index contributed by atoms with van der Waals surface area (Å²) < 4.78 is 20.4. The van der Waals surface area contributed by atoms with Crippen molar-refractivity contribution < 1.29 is 24.1 Å². The second-order valence-corrected chi connectivity index (χ2v) is 6.22. The zero-order valence-electron chi connectivity index (χ0n) is 17.2. The maximum Gasteiger partial charge on any atom is 0.290 e. The molecule has 0 aliphatic rings. The standard InChI is InChI=1S/C19H24N4O3.CH2O2/c1-13(24-3)11-23-7-6-20-19(23)14-8-16(15-10-21-22(2)12-15)18(26-5)17(9-14)25-4;2-1-3/h6-10,12-13H,11H2,1-5H3;1H,(H,2,3). The Labute approximate surface area is 169 Å². The Hall–Kier alpha value is -3.33. The van der Waals surface area contributed by atoms with E-state index in [1.165, 1.54) is 0 Å². The molecule has 1 unspecified atom stereocenters. The summed E-state index contributed by atoms with van der Waals surface area (Å²) in [5.74, 6) is 2.17. The predicted molar refractivity (Wildman–Crippen MR) is 108 cm³/mol. The second kappa shape index (κ2) is 10.3. The number of carbonyl (C=O) groups is 1. The van der Waals surface area contributed by atoms with Crippen molar-refractivity contribution in [3.05, 3.63) is 36.9 Å². The van der Waals surface area contributed by atoms with Crippen molar-refractivity contribution in [1.29, 1.82) is 0 Å². The van der Waals surface area contributed by atoms with Gasteiger partial charge in [0.05, 0.1) is 33.1 Å². The van der Waals surface area contributed by atoms with Crippen LogP contribution in [0.15, 0.2) is 36.9 Å². The third kappa shape index (κ3) is 5.14. The summed E-state index contributed by atoms with van der Waals surface area (Å²) in [6, 6.07) is 3.99. The van der Waals surface area contributed by atoms with Gasteiger partial charge in [-0.25, -0.2) is 4.98 Å². The molecule has 29 heavy (non-hydrogen) atoms. The van der Waals surface area contributed by atoms with Gasteiger partial charge in [0.15, 0.2) is 11.5 Å². The molecule has 1 atom stereocenters. The Morgan fingerprint density at radius 3 is 2.48 bits per heavy atom. The number of carboxylic acid groups (broad SMARTS) is 1. The molecule has 0 aliphatic heterocycles. The molecule has 0 saturated heterocycles. The Bertz CT molecular complexity index is 935. The predicted octanol–water partition coefficient (Wildman–Crippen LogP) is 2.70. The molecule has 1 aromatic carbocycles. The zero-order valence-corrected chi connectivity index (χ0v) is 17.2. The SMILES string of the molecule is COc1cc(-c2nccn2CC(C)OC)cc(-c2cnn(C)c2)c1OC.O=CO. The fourth-order valence-electron chi connectivity index (χ4n) is 2.94. The van der Waals surface area contributed by atoms with Crippen molar-refractivity contribution in [3.63, 3.8) is 0 Å². The molecule has 3 aromatic rings. The van der Waals surface area contributed by atoms with E-state index >= 15 is 0 Å². The first-order chi connectivity index (χ1) is 14.0. The van der Waals surface area contributed by atoms with Crippen molar-refractivity contribution in [2.45, 2.75) is 19.6 Å². The van der Waals surface area contributed by atoms with Crippen LogP contribution in [0.2, 0.25) is 0 Å². The van der Waals surface area contributed by atoms with E-state index in [1.54, 1.807) is 38.4 Å². The second-order valence-electron chi connectivity index (χ2n) is 6.22. The number of imidazole rings is 1. The van der Waals surface area contributed by atoms with E-state index in [0.29, 0.717) is 18.0 Å². The zero-order chi connectivity index (χ0) is 21.4. The molecule has 0 fully saturated rings. The molecule has 3 rings (SSSR count). The number of rotatable bonds is 7. The number of hydrogen-bond acceptors (Lipinski definition) is 6. The molecular formula is C20H26N4O5. The molecule has 9 heteroatoms. The topological polar surface area (TPSA) is 101 Å². The Kier molecular flexibility index (Phi) is 7.79. The minimum Gasteiger partial charge on any atom is -0.493 e. The quantitative estimate of drug-likeness (QED) is 0.606. The van der Waals surface area contributed by atoms with Gasteiger partial charge < -0.3 is 23.9 Å². The average Bonchev–Trinajstić information content (AvgIpc) is 3.36. The van der Waals surface area contributed by atoms with Gasteiger partial charge in [-0.15, -0.1) is 0 Å². The summed E-state index contributed by atoms with van der Waals surface area (Å²) in [4.78, 5) is 12.9. The van der Waals surface area contributed by atoms with Crippen LogP contribution in [0, 0.1) is 0 Å². The minimum absolute atomic E-state index is 0.0842. The highest BCUT2D eigenvalue weighted by atomic mass is 16.5. The van der Waals surface area contributed by atoms with Gasteiger partial charge in [0.25, 0.3) is 6.47 Å². The molecule has 0 saturated carbocycles. The molecule has 1 N–H and O–H groups in total. The average molecular weight is 402 g/mol. The Balaban J connectivity index is 0.000000941. The first-order valence-electron chi connectivity index (χ1n) is 8.86. The van der Waals surface area contributed by atoms with Crippen LogP contribution in [0.5, 0.6) is 11.5 Å². The van der Waals surface area contributed by atoms with Crippen molar-refractivity contribution in [1.82, 2.24) is 19.3 Å². The van der Waals surface area contributed by atoms with Crippen molar-refractivity contribution >= 4 is 6.47 Å². The normalized spacial score (nSPS) is 11.3. The lowest BCUT2D eigenvalue weighted by Gasteiger charge is -2.16. The lowest BCUT2D eigenvalue weighted by molar-refractivity contribution is -0.122. The lowest BCUT2D eigenvalue weighted by Crippen LogP contribution is -2.14. The Morgan fingerprint density at radius 2 is 1.93 bits per heavy atom. The lowest BCUT2D eigenvalue weighted by atomic mass is 10.0. The minimum atomic E-state index is -0.250. The fourth-order valence-corrected chi connectivity index (χ4v) is 2.94. The van der Waals surface area contributed by atoms with Crippen molar-refractivity contribution in [3.8, 4) is 34.0 Å². The van der Waals surface area contributed by atoms with Gasteiger partial charge in [-0.2, -0.15) is 5.10 Å². The van der Waals surface area contributed by atoms with Crippen LogP contribution >= 0.6 is 0 Å². The smallest absolute Gasteiger partial charge is 0.290 e. The van der Waals surface area contributed by atoms with Gasteiger partial charge in [0.1, 0.15) is 5.82 Å². The summed E-state index contributed by atoms with van der Waals surface area (Å²) in [5.41, 5.74) is 2.80. The van der Waals surface area contributed by atoms with Crippen LogP contribution in [0.4, 0.5) is 0 Å². The van der Waals surface area contributed by atoms with Crippen molar-refractivity contribution in [2.75, 3.05) is 21.3 Å². The van der Waals surface area contributed by atoms with Crippen LogP contribution in [-0.2, 0) is 23.1 Å². The molecular weight excluding hydrogens is 376 g/mol. The maximum atomic E-state index is 8.36. The summed E-state index contributed by atoms with van der Waals surface area (Å²) in [7, 11) is 6.86. The summed E-state index contributed by atoms with van der Waals surface area (Å²) in [6.07, 6.45) is 7.57. The summed E-state index contributed by atoms with van der Waals surface area (Å²) >= 11 is 0. The number of aryl methyl sites for hydroxylation is 1. The van der Waals surface area contributed by atoms with Crippen LogP contribution in [0.25, 0.3) is 22.5 Å². The van der Waals surface area contributed by atoms with Crippen LogP contribution in [-0.4, -0.2) is 58.3 Å². The van der Waals surface area contributed by atoms with Gasteiger partial charge >= 0.3 is 0 Å². The first-order valence-corrected chi connectivity index (χ1v) is 8.86. The van der Waals surface area contributed by atoms with Gasteiger partial charge in [-0.3, -0.25) is 9.48 Å². The van der Waals surface area contributed by atoms with Gasteiger partial charge in [0, 0.05) is 49.4 Å². The number of hydrogen-bond donors (Lipinski definition) is 1. The van der Waals surface area contributed by atoms with Crippen LogP contribution < -0.4 is 9.47 Å². The molecule has 0 amide bonds. The van der Waals surface area contributed by atoms with Gasteiger partial charge in [-0.05, 0) is 19.1 Å². The highest BCUT2D eigenvalue weighted by Gasteiger charge is 2.18. The van der Waals surface area contributed by atoms with E-state index in [4.69, 9.17) is 24.1 Å². The third-order valence-electron chi connectivity index (χ3n) is 4.32. The van der Waals surface area contributed by atoms with Gasteiger partial charge in [-0.1, -0.05) is 0 Å². The number of aromatic nitrogens is 4. The third-order valence-corrected chi connectivity index (χ3v) is 4.32. The van der Waals surface area contributed by atoms with E-state index < -0.39 is 0 Å². The molecule has 2 heterocycles. The molecule has 2 aromatic heterocycles. The molecule has 156 valence electrons. The number of nitrogens with zero attached hydrogens (tertiary/aromatic N) is 4. The first kappa shape index (κ1) is 22.0. The highest BCUT2D eigenvalue weighted by Crippen LogP contribution is 2.41. The number of benzene rings is 1. The maximum absolute atomic E-state index is 8.36. The molecule has 0 bridgehead atoms. The fraction of sp³-hybridized carbons (Fsp3) is 0.350. The van der Waals surface area contributed by atoms with E-state index in [9.17, 15) is 0 Å². The number of ether oxygens (including phenoxy) is 3. The van der Waals surface area contributed by atoms with E-state index in [-0.39, 0.29) is 12.6 Å². The van der Waals surface area contributed by atoms with Crippen LogP contribution in [0.1, 0.15) is 6.92 Å². The summed E-state index contributed by atoms with van der Waals surface area (Å²) in [5, 5.41) is 11.2. The molecule has 0 aliphatic carbocycles. The summed E-state index contributed by atoms with van der Waals surface area (Å²) in [6.45, 7) is 2.49. The highest BCUT2D eigenvalue weighted by molar-refractivity contribution is 5.79. The van der Waals surface area contributed by atoms with Gasteiger partial charge in [0.2, 0.25) is 0 Å².